The standard InChI is InChI=1S/C17H18N4O/c1-20-13-7-3-2-6-12(13)10-14(20)17(22)19-16-11-18-15-8-4-5-9-21(15)16/h2-3,6-7,10-11H,4-5,8-9H2,1H3,(H,19,22). The lowest BCUT2D eigenvalue weighted by Crippen LogP contribution is -2.20. The Bertz CT molecular complexity index is 859. The number of imidazole rings is 1. The number of nitrogens with zero attached hydrogens (tertiary/aromatic N) is 3. The third-order valence-corrected chi connectivity index (χ3v) is 4.40. The molecule has 22 heavy (non-hydrogen) atoms. The van der Waals surface area contributed by atoms with Crippen molar-refractivity contribution in [3.05, 3.63) is 48.0 Å². The van der Waals surface area contributed by atoms with E-state index in [1.807, 2.05) is 41.9 Å². The molecule has 0 aliphatic carbocycles. The van der Waals surface area contributed by atoms with Crippen LogP contribution in [0, 0.1) is 0 Å². The van der Waals surface area contributed by atoms with Gasteiger partial charge in [-0.3, -0.25) is 4.79 Å². The molecule has 0 spiro atoms. The Hall–Kier alpha value is -2.56. The molecule has 112 valence electrons. The zero-order valence-corrected chi connectivity index (χ0v) is 12.5. The zero-order valence-electron chi connectivity index (χ0n) is 12.5. The summed E-state index contributed by atoms with van der Waals surface area (Å²) in [6.07, 6.45) is 5.07. The first-order valence-electron chi connectivity index (χ1n) is 7.64. The van der Waals surface area contributed by atoms with Gasteiger partial charge in [0.15, 0.2) is 0 Å². The number of carbonyl (C=O) groups is 1. The number of aryl methyl sites for hydroxylation is 2. The average Bonchev–Trinajstić information content (AvgIpc) is 3.10. The van der Waals surface area contributed by atoms with Crippen LogP contribution in [-0.2, 0) is 20.0 Å². The van der Waals surface area contributed by atoms with Crippen molar-refractivity contribution >= 4 is 22.6 Å². The molecule has 0 fully saturated rings. The molecular weight excluding hydrogens is 276 g/mol. The van der Waals surface area contributed by atoms with Crippen LogP contribution in [0.2, 0.25) is 0 Å². The van der Waals surface area contributed by atoms with Crippen LogP contribution in [0.5, 0.6) is 0 Å². The molecule has 0 atom stereocenters. The van der Waals surface area contributed by atoms with Crippen molar-refractivity contribution in [2.75, 3.05) is 5.32 Å². The van der Waals surface area contributed by atoms with E-state index in [4.69, 9.17) is 0 Å². The van der Waals surface area contributed by atoms with Gasteiger partial charge in [0.05, 0.1) is 6.20 Å². The van der Waals surface area contributed by atoms with Gasteiger partial charge in [-0.2, -0.15) is 0 Å². The summed E-state index contributed by atoms with van der Waals surface area (Å²) in [5.74, 6) is 1.77. The first-order valence-corrected chi connectivity index (χ1v) is 7.64. The van der Waals surface area contributed by atoms with Crippen LogP contribution in [0.1, 0.15) is 29.2 Å². The van der Waals surface area contributed by atoms with Crippen molar-refractivity contribution in [2.45, 2.75) is 25.8 Å². The number of anilines is 1. The third kappa shape index (κ3) is 2.01. The van der Waals surface area contributed by atoms with E-state index in [1.54, 1.807) is 6.20 Å². The van der Waals surface area contributed by atoms with Gasteiger partial charge in [-0.15, -0.1) is 0 Å². The first-order chi connectivity index (χ1) is 10.7. The summed E-state index contributed by atoms with van der Waals surface area (Å²) in [5.41, 5.74) is 1.72. The molecule has 1 aromatic carbocycles. The van der Waals surface area contributed by atoms with Gasteiger partial charge < -0.3 is 14.5 Å². The maximum absolute atomic E-state index is 12.6. The van der Waals surface area contributed by atoms with Gasteiger partial charge in [0.2, 0.25) is 0 Å². The van der Waals surface area contributed by atoms with Crippen LogP contribution in [-0.4, -0.2) is 20.0 Å². The van der Waals surface area contributed by atoms with Gasteiger partial charge in [0.1, 0.15) is 17.3 Å². The molecule has 3 aromatic rings. The Morgan fingerprint density at radius 2 is 2.14 bits per heavy atom. The van der Waals surface area contributed by atoms with E-state index in [-0.39, 0.29) is 5.91 Å². The van der Waals surface area contributed by atoms with Crippen LogP contribution in [0.4, 0.5) is 5.82 Å². The monoisotopic (exact) mass is 294 g/mol. The van der Waals surface area contributed by atoms with Gasteiger partial charge in [-0.1, -0.05) is 18.2 Å². The fraction of sp³-hybridized carbons (Fsp3) is 0.294. The predicted octanol–water partition coefficient (Wildman–Crippen LogP) is 2.96. The SMILES string of the molecule is Cn1c(C(=O)Nc2cnc3n2CCCC3)cc2ccccc21. The van der Waals surface area contributed by atoms with E-state index in [0.717, 1.165) is 41.9 Å². The molecule has 4 rings (SSSR count). The van der Waals surface area contributed by atoms with Gasteiger partial charge in [-0.05, 0) is 25.0 Å². The van der Waals surface area contributed by atoms with Crippen LogP contribution >= 0.6 is 0 Å². The first kappa shape index (κ1) is 13.1. The minimum absolute atomic E-state index is 0.0908. The number of hydrogen-bond donors (Lipinski definition) is 1. The number of aromatic nitrogens is 3. The minimum atomic E-state index is -0.0908. The summed E-state index contributed by atoms with van der Waals surface area (Å²) >= 11 is 0. The molecule has 1 N–H and O–H groups in total. The van der Waals surface area contributed by atoms with E-state index in [0.29, 0.717) is 5.69 Å². The number of para-hydroxylation sites is 1. The third-order valence-electron chi connectivity index (χ3n) is 4.40. The van der Waals surface area contributed by atoms with Crippen LogP contribution < -0.4 is 5.32 Å². The Morgan fingerprint density at radius 3 is 3.00 bits per heavy atom. The molecule has 0 saturated carbocycles. The Labute approximate surface area is 128 Å². The smallest absolute Gasteiger partial charge is 0.273 e. The summed E-state index contributed by atoms with van der Waals surface area (Å²) in [7, 11) is 1.92. The maximum Gasteiger partial charge on any atom is 0.273 e. The summed E-state index contributed by atoms with van der Waals surface area (Å²) in [6, 6.07) is 9.94. The second kappa shape index (κ2) is 5.02. The Balaban J connectivity index is 1.66. The Kier molecular flexibility index (Phi) is 2.99. The van der Waals surface area contributed by atoms with Crippen LogP contribution in [0.3, 0.4) is 0 Å². The molecule has 5 heteroatoms. The van der Waals surface area contributed by atoms with Gasteiger partial charge in [-0.25, -0.2) is 4.98 Å². The van der Waals surface area contributed by atoms with Crippen LogP contribution in [0.25, 0.3) is 10.9 Å². The van der Waals surface area contributed by atoms with Crippen molar-refractivity contribution in [2.24, 2.45) is 7.05 Å². The predicted molar refractivity (Wildman–Crippen MR) is 86.0 cm³/mol. The molecule has 3 heterocycles. The van der Waals surface area contributed by atoms with Crippen molar-refractivity contribution in [3.63, 3.8) is 0 Å². The molecule has 1 amide bonds. The fourth-order valence-electron chi connectivity index (χ4n) is 3.20. The second-order valence-electron chi connectivity index (χ2n) is 5.77. The molecule has 2 aromatic heterocycles. The number of nitrogens with one attached hydrogen (secondary N) is 1. The molecule has 1 aliphatic rings. The maximum atomic E-state index is 12.6. The van der Waals surface area contributed by atoms with Crippen molar-refractivity contribution in [1.29, 1.82) is 0 Å². The van der Waals surface area contributed by atoms with Crippen LogP contribution in [0.15, 0.2) is 36.5 Å². The lowest BCUT2D eigenvalue weighted by Gasteiger charge is -2.16. The summed E-state index contributed by atoms with van der Waals surface area (Å²) in [4.78, 5) is 17.0. The average molecular weight is 294 g/mol. The number of fused-ring (bicyclic) bond motifs is 2. The molecule has 0 bridgehead atoms. The lowest BCUT2D eigenvalue weighted by atomic mass is 10.2. The highest BCUT2D eigenvalue weighted by Gasteiger charge is 2.18. The largest absolute Gasteiger partial charge is 0.340 e. The molecule has 5 nitrogen and oxygen atoms in total. The Morgan fingerprint density at radius 1 is 1.27 bits per heavy atom. The van der Waals surface area contributed by atoms with E-state index in [9.17, 15) is 4.79 Å². The van der Waals surface area contributed by atoms with Gasteiger partial charge in [0.25, 0.3) is 5.91 Å². The van der Waals surface area contributed by atoms with E-state index < -0.39 is 0 Å². The zero-order chi connectivity index (χ0) is 15.1. The van der Waals surface area contributed by atoms with Gasteiger partial charge in [0, 0.05) is 30.9 Å². The topological polar surface area (TPSA) is 51.9 Å². The number of amides is 1. The summed E-state index contributed by atoms with van der Waals surface area (Å²) < 4.78 is 4.04. The van der Waals surface area contributed by atoms with Crippen molar-refractivity contribution in [3.8, 4) is 0 Å². The highest BCUT2D eigenvalue weighted by Crippen LogP contribution is 2.22. The molecule has 0 unspecified atom stereocenters. The van der Waals surface area contributed by atoms with Gasteiger partial charge >= 0.3 is 0 Å². The normalized spacial score (nSPS) is 14.0. The number of hydrogen-bond acceptors (Lipinski definition) is 2. The highest BCUT2D eigenvalue weighted by molar-refractivity contribution is 6.06. The molecule has 0 radical (unpaired) electrons. The summed E-state index contributed by atoms with van der Waals surface area (Å²) in [5, 5.41) is 4.08. The fourth-order valence-corrected chi connectivity index (χ4v) is 3.20. The molecular formula is C17H18N4O. The highest BCUT2D eigenvalue weighted by atomic mass is 16.2. The van der Waals surface area contributed by atoms with E-state index in [1.165, 1.54) is 6.42 Å². The number of benzene rings is 1. The van der Waals surface area contributed by atoms with E-state index in [2.05, 4.69) is 14.9 Å². The molecule has 1 aliphatic heterocycles. The van der Waals surface area contributed by atoms with Crippen molar-refractivity contribution in [1.82, 2.24) is 14.1 Å². The number of rotatable bonds is 2. The molecule has 0 saturated heterocycles. The quantitative estimate of drug-likeness (QED) is 0.790. The lowest BCUT2D eigenvalue weighted by molar-refractivity contribution is 0.101. The number of carbonyl (C=O) groups excluding carboxylic acids is 1. The summed E-state index contributed by atoms with van der Waals surface area (Å²) in [6.45, 7) is 0.931. The minimum Gasteiger partial charge on any atom is -0.340 e. The van der Waals surface area contributed by atoms with Crippen molar-refractivity contribution < 1.29 is 4.79 Å². The van der Waals surface area contributed by atoms with E-state index >= 15 is 0 Å². The second-order valence-corrected chi connectivity index (χ2v) is 5.77.